The average Bonchev–Trinajstić information content (AvgIpc) is 3.25. The Morgan fingerprint density at radius 3 is 2.56 bits per heavy atom. The number of halogens is 2. The maximum atomic E-state index is 13.1. The van der Waals surface area contributed by atoms with Gasteiger partial charge < -0.3 is 30.3 Å². The van der Waals surface area contributed by atoms with E-state index in [4.69, 9.17) is 16.3 Å². The van der Waals surface area contributed by atoms with Crippen LogP contribution in [0.5, 0.6) is 0 Å². The Labute approximate surface area is 192 Å². The number of benzene rings is 1. The molecule has 170 valence electrons. The molecule has 1 aliphatic rings. The van der Waals surface area contributed by atoms with E-state index in [2.05, 4.69) is 4.98 Å². The first-order valence-corrected chi connectivity index (χ1v) is 11.0. The lowest BCUT2D eigenvalue weighted by Gasteiger charge is -2.45. The van der Waals surface area contributed by atoms with Gasteiger partial charge in [0.15, 0.2) is 0 Å². The third kappa shape index (κ3) is 4.30. The van der Waals surface area contributed by atoms with Crippen molar-refractivity contribution in [3.63, 3.8) is 0 Å². The summed E-state index contributed by atoms with van der Waals surface area (Å²) in [5.74, 6) is -2.91. The molecule has 0 radical (unpaired) electrons. The van der Waals surface area contributed by atoms with Gasteiger partial charge in [0.25, 0.3) is 0 Å². The van der Waals surface area contributed by atoms with Crippen LogP contribution >= 0.6 is 22.9 Å². The number of aliphatic hydroxyl groups is 5. The first-order chi connectivity index (χ1) is 15.2. The van der Waals surface area contributed by atoms with E-state index in [1.54, 1.807) is 12.1 Å². The highest BCUT2D eigenvalue weighted by Crippen LogP contribution is 2.38. The van der Waals surface area contributed by atoms with Crippen LogP contribution in [0.4, 0.5) is 4.39 Å². The second-order valence-electron chi connectivity index (χ2n) is 7.58. The van der Waals surface area contributed by atoms with Crippen LogP contribution in [-0.2, 0) is 16.9 Å². The molecule has 1 fully saturated rings. The van der Waals surface area contributed by atoms with Gasteiger partial charge in [0.1, 0.15) is 24.4 Å². The SMILES string of the molecule is OC[C@H]1O[C@@](O)(c2ccc(Cl)c(Cc3ccc(-c4ccc(F)nc4)s3)c2)[C@H](O)C(O)[C@@H]1O. The van der Waals surface area contributed by atoms with Crippen LogP contribution < -0.4 is 0 Å². The molecule has 0 aliphatic carbocycles. The minimum absolute atomic E-state index is 0.119. The molecule has 3 aromatic rings. The van der Waals surface area contributed by atoms with Gasteiger partial charge in [-0.25, -0.2) is 4.98 Å². The van der Waals surface area contributed by atoms with Crippen molar-refractivity contribution < 1.29 is 34.7 Å². The number of hydrogen-bond donors (Lipinski definition) is 5. The summed E-state index contributed by atoms with van der Waals surface area (Å²) in [5, 5.41) is 51.3. The predicted molar refractivity (Wildman–Crippen MR) is 116 cm³/mol. The van der Waals surface area contributed by atoms with Crippen LogP contribution in [-0.4, -0.2) is 61.5 Å². The van der Waals surface area contributed by atoms with Crippen LogP contribution in [0.1, 0.15) is 16.0 Å². The molecule has 3 heterocycles. The predicted octanol–water partition coefficient (Wildman–Crippen LogP) is 1.81. The van der Waals surface area contributed by atoms with E-state index < -0.39 is 42.8 Å². The fraction of sp³-hybridized carbons (Fsp3) is 0.318. The van der Waals surface area contributed by atoms with Crippen LogP contribution in [0.15, 0.2) is 48.7 Å². The molecule has 32 heavy (non-hydrogen) atoms. The van der Waals surface area contributed by atoms with Crippen molar-refractivity contribution in [2.45, 2.75) is 36.6 Å². The summed E-state index contributed by atoms with van der Waals surface area (Å²) in [5.41, 5.74) is 1.52. The molecule has 1 saturated heterocycles. The van der Waals surface area contributed by atoms with E-state index in [-0.39, 0.29) is 5.56 Å². The molecular formula is C22H21ClFNO6S. The lowest BCUT2D eigenvalue weighted by Crippen LogP contribution is -2.63. The summed E-state index contributed by atoms with van der Waals surface area (Å²) in [7, 11) is 0. The Hall–Kier alpha value is -1.95. The molecule has 5 N–H and O–H groups in total. The highest BCUT2D eigenvalue weighted by molar-refractivity contribution is 7.15. The van der Waals surface area contributed by atoms with Crippen molar-refractivity contribution in [3.05, 3.63) is 75.6 Å². The molecule has 1 unspecified atom stereocenters. The third-order valence-electron chi connectivity index (χ3n) is 5.46. The number of hydrogen-bond acceptors (Lipinski definition) is 8. The van der Waals surface area contributed by atoms with Crippen molar-refractivity contribution in [2.24, 2.45) is 0 Å². The Morgan fingerprint density at radius 2 is 1.88 bits per heavy atom. The Morgan fingerprint density at radius 1 is 1.09 bits per heavy atom. The average molecular weight is 482 g/mol. The van der Waals surface area contributed by atoms with Gasteiger partial charge in [0.2, 0.25) is 11.7 Å². The van der Waals surface area contributed by atoms with E-state index in [9.17, 15) is 29.9 Å². The second-order valence-corrected chi connectivity index (χ2v) is 9.16. The number of aliphatic hydroxyl groups excluding tert-OH is 4. The molecule has 4 rings (SSSR count). The topological polar surface area (TPSA) is 123 Å². The molecule has 0 bridgehead atoms. The monoisotopic (exact) mass is 481 g/mol. The largest absolute Gasteiger partial charge is 0.394 e. The third-order valence-corrected chi connectivity index (χ3v) is 6.97. The van der Waals surface area contributed by atoms with Gasteiger partial charge in [-0.1, -0.05) is 17.7 Å². The highest BCUT2D eigenvalue weighted by atomic mass is 35.5. The molecule has 0 saturated carbocycles. The van der Waals surface area contributed by atoms with Crippen LogP contribution in [0.2, 0.25) is 5.02 Å². The van der Waals surface area contributed by atoms with E-state index in [1.807, 2.05) is 12.1 Å². The zero-order valence-corrected chi connectivity index (χ0v) is 18.2. The molecule has 0 amide bonds. The standard InChI is InChI=1S/C22H21ClFNO6S/c23-15-4-2-13(22(30)21(29)20(28)19(27)16(10-26)31-22)7-12(15)8-14-3-5-17(32-14)11-1-6-18(24)25-9-11/h1-7,9,16,19-21,26-30H,8,10H2/t16-,19-,20?,21-,22+/m1/s1. The van der Waals surface area contributed by atoms with Crippen molar-refractivity contribution in [3.8, 4) is 10.4 Å². The highest BCUT2D eigenvalue weighted by Gasteiger charge is 2.53. The van der Waals surface area contributed by atoms with Crippen LogP contribution in [0.25, 0.3) is 10.4 Å². The number of ether oxygens (including phenoxy) is 1. The number of thiophene rings is 1. The summed E-state index contributed by atoms with van der Waals surface area (Å²) in [6.07, 6.45) is -4.59. The molecular weight excluding hydrogens is 461 g/mol. The number of aromatic nitrogens is 1. The molecule has 10 heteroatoms. The quantitative estimate of drug-likeness (QED) is 0.352. The van der Waals surface area contributed by atoms with Crippen LogP contribution in [0.3, 0.4) is 0 Å². The Balaban J connectivity index is 1.61. The number of pyridine rings is 1. The summed E-state index contributed by atoms with van der Waals surface area (Å²) in [4.78, 5) is 5.49. The van der Waals surface area contributed by atoms with Crippen molar-refractivity contribution in [2.75, 3.05) is 6.61 Å². The maximum Gasteiger partial charge on any atom is 0.222 e. The van der Waals surface area contributed by atoms with Gasteiger partial charge in [-0.2, -0.15) is 4.39 Å². The Bertz CT molecular complexity index is 1090. The summed E-state index contributed by atoms with van der Waals surface area (Å²) in [6, 6.07) is 11.2. The molecule has 1 aliphatic heterocycles. The molecule has 2 aromatic heterocycles. The van der Waals surface area contributed by atoms with Crippen molar-refractivity contribution in [1.82, 2.24) is 4.98 Å². The van der Waals surface area contributed by atoms with Crippen LogP contribution in [0, 0.1) is 5.95 Å². The van der Waals surface area contributed by atoms with Gasteiger partial charge >= 0.3 is 0 Å². The van der Waals surface area contributed by atoms with E-state index >= 15 is 0 Å². The molecule has 5 atom stereocenters. The fourth-order valence-corrected chi connectivity index (χ4v) is 4.87. The molecule has 1 aromatic carbocycles. The number of rotatable bonds is 5. The normalized spacial score (nSPS) is 28.1. The zero-order chi connectivity index (χ0) is 23.0. The fourth-order valence-electron chi connectivity index (χ4n) is 3.66. The maximum absolute atomic E-state index is 13.1. The van der Waals surface area contributed by atoms with E-state index in [0.29, 0.717) is 17.0 Å². The lowest BCUT2D eigenvalue weighted by atomic mass is 9.87. The van der Waals surface area contributed by atoms with Gasteiger partial charge in [-0.05, 0) is 42.0 Å². The first-order valence-electron chi connectivity index (χ1n) is 9.77. The minimum Gasteiger partial charge on any atom is -0.394 e. The second kappa shape index (κ2) is 9.12. The van der Waals surface area contributed by atoms with Crippen molar-refractivity contribution in [1.29, 1.82) is 0 Å². The summed E-state index contributed by atoms with van der Waals surface area (Å²) in [6.45, 7) is -0.663. The molecule has 0 spiro atoms. The molecule has 7 nitrogen and oxygen atoms in total. The minimum atomic E-state index is -2.36. The smallest absolute Gasteiger partial charge is 0.222 e. The van der Waals surface area contributed by atoms with Gasteiger partial charge in [0.05, 0.1) is 6.61 Å². The van der Waals surface area contributed by atoms with Gasteiger partial charge in [-0.15, -0.1) is 11.3 Å². The first kappa shape index (κ1) is 23.2. The van der Waals surface area contributed by atoms with Gasteiger partial charge in [0, 0.05) is 38.5 Å². The lowest BCUT2D eigenvalue weighted by molar-refractivity contribution is -0.357. The van der Waals surface area contributed by atoms with Gasteiger partial charge in [-0.3, -0.25) is 0 Å². The number of nitrogens with zero attached hydrogens (tertiary/aromatic N) is 1. The Kier molecular flexibility index (Phi) is 6.62. The summed E-state index contributed by atoms with van der Waals surface area (Å²) >= 11 is 7.83. The van der Waals surface area contributed by atoms with E-state index in [1.165, 1.54) is 35.7 Å². The zero-order valence-electron chi connectivity index (χ0n) is 16.6. The summed E-state index contributed by atoms with van der Waals surface area (Å²) < 4.78 is 18.5. The van der Waals surface area contributed by atoms with Crippen molar-refractivity contribution >= 4 is 22.9 Å². The van der Waals surface area contributed by atoms with E-state index in [0.717, 1.165) is 15.3 Å².